The van der Waals surface area contributed by atoms with E-state index in [1.165, 1.54) is 0 Å². The Labute approximate surface area is 122 Å². The molecule has 3 rings (SSSR count). The molecule has 5 heteroatoms. The zero-order chi connectivity index (χ0) is 14.0. The van der Waals surface area contributed by atoms with Crippen LogP contribution in [0.1, 0.15) is 30.3 Å². The van der Waals surface area contributed by atoms with Crippen molar-refractivity contribution in [2.75, 3.05) is 5.32 Å². The molecule has 0 saturated heterocycles. The standard InChI is InChI=1S/C15H16N4S/c1-2-13-18-19-14(20-13)17-12-8-15(9-12,10-16)11-6-4-3-5-7-11/h3-7,12H,2,8-9H2,1H3,(H,17,19). The molecule has 0 atom stereocenters. The Balaban J connectivity index is 1.66. The van der Waals surface area contributed by atoms with Crippen LogP contribution in [0.5, 0.6) is 0 Å². The number of hydrogen-bond donors (Lipinski definition) is 1. The van der Waals surface area contributed by atoms with Crippen LogP contribution in [0.2, 0.25) is 0 Å². The highest BCUT2D eigenvalue weighted by Crippen LogP contribution is 2.44. The van der Waals surface area contributed by atoms with Gasteiger partial charge in [-0.3, -0.25) is 0 Å². The zero-order valence-corrected chi connectivity index (χ0v) is 12.2. The van der Waals surface area contributed by atoms with Crippen LogP contribution >= 0.6 is 11.3 Å². The second-order valence-corrected chi connectivity index (χ2v) is 6.23. The molecule has 102 valence electrons. The van der Waals surface area contributed by atoms with E-state index < -0.39 is 0 Å². The Hall–Kier alpha value is -1.93. The predicted octanol–water partition coefficient (Wildman–Crippen LogP) is 3.14. The monoisotopic (exact) mass is 284 g/mol. The average molecular weight is 284 g/mol. The lowest BCUT2D eigenvalue weighted by atomic mass is 9.62. The second-order valence-electron chi connectivity index (χ2n) is 5.16. The van der Waals surface area contributed by atoms with Crippen molar-refractivity contribution in [3.63, 3.8) is 0 Å². The molecule has 0 radical (unpaired) electrons. The summed E-state index contributed by atoms with van der Waals surface area (Å²) in [6.45, 7) is 2.07. The second kappa shape index (κ2) is 5.22. The third-order valence-corrected chi connectivity index (χ3v) is 4.83. The predicted molar refractivity (Wildman–Crippen MR) is 79.7 cm³/mol. The summed E-state index contributed by atoms with van der Waals surface area (Å²) in [6, 6.07) is 12.9. The Bertz CT molecular complexity index is 623. The molecular formula is C15H16N4S. The fraction of sp³-hybridized carbons (Fsp3) is 0.400. The Morgan fingerprint density at radius 2 is 2.10 bits per heavy atom. The molecule has 1 heterocycles. The summed E-state index contributed by atoms with van der Waals surface area (Å²) in [4.78, 5) is 0. The first-order valence-electron chi connectivity index (χ1n) is 6.81. The topological polar surface area (TPSA) is 61.6 Å². The quantitative estimate of drug-likeness (QED) is 0.937. The van der Waals surface area contributed by atoms with Gasteiger partial charge in [0.1, 0.15) is 5.01 Å². The summed E-state index contributed by atoms with van der Waals surface area (Å²) in [6.07, 6.45) is 2.57. The molecule has 4 nitrogen and oxygen atoms in total. The van der Waals surface area contributed by atoms with Gasteiger partial charge in [-0.05, 0) is 24.8 Å². The first kappa shape index (κ1) is 13.1. The Morgan fingerprint density at radius 3 is 2.70 bits per heavy atom. The van der Waals surface area contributed by atoms with E-state index in [0.29, 0.717) is 6.04 Å². The Morgan fingerprint density at radius 1 is 1.35 bits per heavy atom. The highest BCUT2D eigenvalue weighted by molar-refractivity contribution is 7.15. The molecule has 1 N–H and O–H groups in total. The molecule has 1 aliphatic carbocycles. The molecule has 0 unspecified atom stereocenters. The first-order valence-corrected chi connectivity index (χ1v) is 7.63. The lowest BCUT2D eigenvalue weighted by Crippen LogP contribution is -2.47. The van der Waals surface area contributed by atoms with Crippen molar-refractivity contribution in [3.8, 4) is 6.07 Å². The molecule has 2 aromatic rings. The van der Waals surface area contributed by atoms with Gasteiger partial charge in [0.15, 0.2) is 0 Å². The van der Waals surface area contributed by atoms with Crippen molar-refractivity contribution < 1.29 is 0 Å². The van der Waals surface area contributed by atoms with E-state index in [-0.39, 0.29) is 5.41 Å². The van der Waals surface area contributed by atoms with Gasteiger partial charge >= 0.3 is 0 Å². The number of benzene rings is 1. The van der Waals surface area contributed by atoms with Gasteiger partial charge in [0.25, 0.3) is 0 Å². The van der Waals surface area contributed by atoms with Crippen LogP contribution < -0.4 is 5.32 Å². The van der Waals surface area contributed by atoms with Crippen molar-refractivity contribution in [3.05, 3.63) is 40.9 Å². The SMILES string of the molecule is CCc1nnc(NC2CC(C#N)(c3ccccc3)C2)s1. The average Bonchev–Trinajstić information content (AvgIpc) is 2.91. The van der Waals surface area contributed by atoms with E-state index in [1.54, 1.807) is 11.3 Å². The number of hydrogen-bond acceptors (Lipinski definition) is 5. The van der Waals surface area contributed by atoms with Gasteiger partial charge < -0.3 is 5.32 Å². The summed E-state index contributed by atoms with van der Waals surface area (Å²) in [7, 11) is 0. The number of aryl methyl sites for hydroxylation is 1. The molecule has 0 aliphatic heterocycles. The van der Waals surface area contributed by atoms with Crippen LogP contribution in [-0.4, -0.2) is 16.2 Å². The third-order valence-electron chi connectivity index (χ3n) is 3.83. The summed E-state index contributed by atoms with van der Waals surface area (Å²) in [5.41, 5.74) is 0.782. The third kappa shape index (κ3) is 2.27. The molecule has 1 aromatic heterocycles. The van der Waals surface area contributed by atoms with Crippen LogP contribution in [0.25, 0.3) is 0 Å². The van der Waals surface area contributed by atoms with Crippen LogP contribution in [-0.2, 0) is 11.8 Å². The lowest BCUT2D eigenvalue weighted by Gasteiger charge is -2.43. The van der Waals surface area contributed by atoms with E-state index in [2.05, 4.69) is 28.5 Å². The normalized spacial score (nSPS) is 24.7. The number of nitrogens with zero attached hydrogens (tertiary/aromatic N) is 3. The smallest absolute Gasteiger partial charge is 0.205 e. The van der Waals surface area contributed by atoms with E-state index in [1.807, 2.05) is 30.3 Å². The van der Waals surface area contributed by atoms with Gasteiger partial charge in [0, 0.05) is 6.04 Å². The summed E-state index contributed by atoms with van der Waals surface area (Å²) < 4.78 is 0. The van der Waals surface area contributed by atoms with Crippen molar-refractivity contribution in [2.45, 2.75) is 37.6 Å². The maximum Gasteiger partial charge on any atom is 0.205 e. The lowest BCUT2D eigenvalue weighted by molar-refractivity contribution is 0.289. The Kier molecular flexibility index (Phi) is 3.41. The van der Waals surface area contributed by atoms with Gasteiger partial charge in [0.2, 0.25) is 5.13 Å². The first-order chi connectivity index (χ1) is 9.75. The van der Waals surface area contributed by atoms with Gasteiger partial charge in [-0.25, -0.2) is 0 Å². The molecule has 0 bridgehead atoms. The van der Waals surface area contributed by atoms with Crippen molar-refractivity contribution in [1.29, 1.82) is 5.26 Å². The van der Waals surface area contributed by atoms with Crippen molar-refractivity contribution in [2.24, 2.45) is 0 Å². The zero-order valence-electron chi connectivity index (χ0n) is 11.3. The maximum absolute atomic E-state index is 9.51. The van der Waals surface area contributed by atoms with E-state index in [0.717, 1.165) is 35.0 Å². The molecule has 1 fully saturated rings. The molecule has 1 saturated carbocycles. The van der Waals surface area contributed by atoms with Crippen LogP contribution in [0.4, 0.5) is 5.13 Å². The van der Waals surface area contributed by atoms with E-state index >= 15 is 0 Å². The minimum atomic E-state index is -0.336. The molecule has 1 aromatic carbocycles. The molecule has 1 aliphatic rings. The maximum atomic E-state index is 9.51. The minimum Gasteiger partial charge on any atom is -0.357 e. The van der Waals surface area contributed by atoms with E-state index in [4.69, 9.17) is 0 Å². The van der Waals surface area contributed by atoms with Gasteiger partial charge in [-0.1, -0.05) is 48.6 Å². The highest BCUT2D eigenvalue weighted by Gasteiger charge is 2.46. The number of aromatic nitrogens is 2. The highest BCUT2D eigenvalue weighted by atomic mass is 32.1. The van der Waals surface area contributed by atoms with Crippen molar-refractivity contribution >= 4 is 16.5 Å². The number of nitrogens with one attached hydrogen (secondary N) is 1. The summed E-state index contributed by atoms with van der Waals surface area (Å²) in [5.74, 6) is 0. The largest absolute Gasteiger partial charge is 0.357 e. The molecule has 0 amide bonds. The number of nitriles is 1. The minimum absolute atomic E-state index is 0.313. The van der Waals surface area contributed by atoms with Gasteiger partial charge in [0.05, 0.1) is 11.5 Å². The fourth-order valence-electron chi connectivity index (χ4n) is 2.66. The van der Waals surface area contributed by atoms with Crippen LogP contribution in [0.3, 0.4) is 0 Å². The number of anilines is 1. The van der Waals surface area contributed by atoms with E-state index in [9.17, 15) is 5.26 Å². The number of rotatable bonds is 4. The fourth-order valence-corrected chi connectivity index (χ4v) is 3.42. The van der Waals surface area contributed by atoms with Gasteiger partial charge in [-0.15, -0.1) is 10.2 Å². The van der Waals surface area contributed by atoms with Gasteiger partial charge in [-0.2, -0.15) is 5.26 Å². The molecule has 20 heavy (non-hydrogen) atoms. The van der Waals surface area contributed by atoms with Crippen LogP contribution in [0.15, 0.2) is 30.3 Å². The van der Waals surface area contributed by atoms with Crippen LogP contribution in [0, 0.1) is 11.3 Å². The van der Waals surface area contributed by atoms with Crippen molar-refractivity contribution in [1.82, 2.24) is 10.2 Å². The molecule has 0 spiro atoms. The summed E-state index contributed by atoms with van der Waals surface area (Å²) in [5, 5.41) is 23.0. The summed E-state index contributed by atoms with van der Waals surface area (Å²) >= 11 is 1.60. The molecular weight excluding hydrogens is 268 g/mol.